The van der Waals surface area contributed by atoms with Crippen molar-refractivity contribution in [1.82, 2.24) is 0 Å². The van der Waals surface area contributed by atoms with Crippen LogP contribution in [0.2, 0.25) is 0 Å². The van der Waals surface area contributed by atoms with Crippen molar-refractivity contribution in [3.63, 3.8) is 0 Å². The molecule has 0 aromatic rings. The molecule has 0 aliphatic heterocycles. The quantitative estimate of drug-likeness (QED) is 0.0169. The van der Waals surface area contributed by atoms with E-state index in [0.29, 0.717) is 25.7 Å². The van der Waals surface area contributed by atoms with Gasteiger partial charge in [0.05, 0.1) is 26.4 Å². The first-order chi connectivity index (χ1) is 50.7. The summed E-state index contributed by atoms with van der Waals surface area (Å²) in [6, 6.07) is 0. The molecule has 0 aromatic carbocycles. The summed E-state index contributed by atoms with van der Waals surface area (Å²) in [6.45, 7) is 4.64. The molecule has 0 amide bonds. The van der Waals surface area contributed by atoms with E-state index in [4.69, 9.17) is 37.0 Å². The normalized spacial score (nSPS) is 14.4. The summed E-state index contributed by atoms with van der Waals surface area (Å²) in [6.07, 6.45) is 83.4. The molecule has 3 N–H and O–H groups in total. The predicted octanol–water partition coefficient (Wildman–Crippen LogP) is 24.1. The molecule has 0 bridgehead atoms. The largest absolute Gasteiger partial charge is 0.472 e. The van der Waals surface area contributed by atoms with Crippen molar-refractivity contribution < 1.29 is 80.2 Å². The number of esters is 4. The second-order valence-electron chi connectivity index (χ2n) is 27.3. The maximum atomic E-state index is 13.1. The van der Waals surface area contributed by atoms with Crippen molar-refractivity contribution in [1.29, 1.82) is 0 Å². The molecule has 0 fully saturated rings. The van der Waals surface area contributed by atoms with Gasteiger partial charge in [0.25, 0.3) is 0 Å². The van der Waals surface area contributed by atoms with Crippen molar-refractivity contribution in [2.75, 3.05) is 39.6 Å². The molecule has 600 valence electrons. The van der Waals surface area contributed by atoms with Gasteiger partial charge in [0.15, 0.2) is 12.2 Å². The Morgan fingerprint density at radius 3 is 0.779 bits per heavy atom. The molecule has 104 heavy (non-hydrogen) atoms. The smallest absolute Gasteiger partial charge is 0.462 e. The molecule has 0 aliphatic carbocycles. The summed E-state index contributed by atoms with van der Waals surface area (Å²) >= 11 is 0. The number of allylic oxidation sites excluding steroid dienone is 18. The number of carbonyl (C=O) groups is 4. The monoisotopic (exact) mass is 1500 g/mol. The number of carbonyl (C=O) groups excluding carboxylic acids is 4. The van der Waals surface area contributed by atoms with E-state index >= 15 is 0 Å². The summed E-state index contributed by atoms with van der Waals surface area (Å²) in [5.41, 5.74) is 0. The number of rotatable bonds is 77. The Balaban J connectivity index is 5.37. The number of hydrogen-bond donors (Lipinski definition) is 3. The highest BCUT2D eigenvalue weighted by Crippen LogP contribution is 2.45. The number of hydrogen-bond acceptors (Lipinski definition) is 15. The van der Waals surface area contributed by atoms with Crippen molar-refractivity contribution in [3.05, 3.63) is 109 Å². The van der Waals surface area contributed by atoms with Gasteiger partial charge in [-0.25, -0.2) is 9.13 Å². The minimum atomic E-state index is -4.98. The summed E-state index contributed by atoms with van der Waals surface area (Å²) in [5, 5.41) is 10.7. The fourth-order valence-electron chi connectivity index (χ4n) is 11.0. The Hall–Kier alpha value is -4.28. The highest BCUT2D eigenvalue weighted by molar-refractivity contribution is 7.47. The maximum Gasteiger partial charge on any atom is 0.472 e. The SMILES string of the molecule is CC/C=C\C/C=C\C/C=C\C/C=C\CCCCCCCCC(=O)OCC(COP(=O)(O)OCC(O)COP(=O)(O)OCC(COC(=O)CCCCCC/C=C\C/C=C\C/C=C\C/C=C\CC)OC(=O)CCCCCCCCCCCCCCC)OC(=O)CCCCCCC/C=C\CCCCCCCC. The lowest BCUT2D eigenvalue weighted by Gasteiger charge is -2.21. The molecule has 5 atom stereocenters. The first kappa shape index (κ1) is 99.7. The zero-order valence-electron chi connectivity index (χ0n) is 65.7. The fourth-order valence-corrected chi connectivity index (χ4v) is 12.6. The van der Waals surface area contributed by atoms with Gasteiger partial charge in [0.1, 0.15) is 19.3 Å². The lowest BCUT2D eigenvalue weighted by Crippen LogP contribution is -2.30. The van der Waals surface area contributed by atoms with Crippen LogP contribution >= 0.6 is 15.6 Å². The summed E-state index contributed by atoms with van der Waals surface area (Å²) in [7, 11) is -9.97. The van der Waals surface area contributed by atoms with Crippen LogP contribution in [0.1, 0.15) is 349 Å². The topological polar surface area (TPSA) is 237 Å². The van der Waals surface area contributed by atoms with Gasteiger partial charge in [-0.15, -0.1) is 0 Å². The molecule has 0 saturated heterocycles. The molecule has 0 spiro atoms. The number of phosphoric acid groups is 2. The van der Waals surface area contributed by atoms with Crippen LogP contribution in [0.4, 0.5) is 0 Å². The minimum absolute atomic E-state index is 0.0814. The van der Waals surface area contributed by atoms with Crippen LogP contribution in [0, 0.1) is 0 Å². The van der Waals surface area contributed by atoms with Crippen molar-refractivity contribution in [3.8, 4) is 0 Å². The van der Waals surface area contributed by atoms with Gasteiger partial charge in [0, 0.05) is 25.7 Å². The van der Waals surface area contributed by atoms with Gasteiger partial charge >= 0.3 is 39.5 Å². The van der Waals surface area contributed by atoms with Gasteiger partial charge in [-0.3, -0.25) is 37.3 Å². The molecule has 0 radical (unpaired) electrons. The molecular weight excluding hydrogens is 1350 g/mol. The lowest BCUT2D eigenvalue weighted by atomic mass is 10.0. The number of ether oxygens (including phenoxy) is 4. The van der Waals surface area contributed by atoms with E-state index in [1.165, 1.54) is 89.9 Å². The molecular formula is C85H148O17P2. The summed E-state index contributed by atoms with van der Waals surface area (Å²) in [4.78, 5) is 73.1. The Morgan fingerprint density at radius 2 is 0.500 bits per heavy atom. The van der Waals surface area contributed by atoms with Crippen molar-refractivity contribution in [2.45, 2.75) is 367 Å². The Labute approximate surface area is 632 Å². The van der Waals surface area contributed by atoms with E-state index in [2.05, 4.69) is 137 Å². The minimum Gasteiger partial charge on any atom is -0.462 e. The van der Waals surface area contributed by atoms with Crippen LogP contribution in [-0.2, 0) is 65.4 Å². The van der Waals surface area contributed by atoms with E-state index in [0.717, 1.165) is 180 Å². The number of aliphatic hydroxyl groups excluding tert-OH is 1. The summed E-state index contributed by atoms with van der Waals surface area (Å²) < 4.78 is 68.7. The van der Waals surface area contributed by atoms with Crippen LogP contribution in [-0.4, -0.2) is 96.7 Å². The van der Waals surface area contributed by atoms with Crippen LogP contribution in [0.15, 0.2) is 109 Å². The molecule has 0 aliphatic rings. The van der Waals surface area contributed by atoms with E-state index in [9.17, 15) is 43.2 Å². The molecule has 17 nitrogen and oxygen atoms in total. The standard InChI is InChI=1S/C85H148O17P2/c1-5-9-13-17-21-25-29-33-36-38-39-41-44-47-50-54-58-62-66-70-83(88)96-76-81(102-85(90)72-68-64-60-56-52-48-42-35-31-27-23-19-15-11-7-3)78-100-104(93,94)98-74-79(86)73-97-103(91,92)99-77-80(101-84(89)71-67-63-59-55-51-45-32-28-24-20-16-12-8-4)75-95-82(87)69-65-61-57-53-49-46-43-40-37-34-30-26-22-18-14-10-6-2/h9-10,13-14,21-22,25-26,33-37,39,41-43,46,79-81,86H,5-8,11-12,15-20,23-24,27-32,38,40,44-45,47-78H2,1-4H3,(H,91,92)(H,93,94)/b13-9-,14-10-,25-21-,26-22-,36-33-,37-34-,41-39-,42-35-,46-43-. The zero-order chi connectivity index (χ0) is 76.0. The van der Waals surface area contributed by atoms with Gasteiger partial charge in [-0.1, -0.05) is 304 Å². The van der Waals surface area contributed by atoms with Crippen molar-refractivity contribution >= 4 is 39.5 Å². The van der Waals surface area contributed by atoms with Gasteiger partial charge in [-0.2, -0.15) is 0 Å². The average molecular weight is 1500 g/mol. The number of unbranched alkanes of at least 4 members (excludes halogenated alkanes) is 33. The number of phosphoric ester groups is 2. The molecule has 0 aromatic heterocycles. The van der Waals surface area contributed by atoms with Gasteiger partial charge in [-0.05, 0) is 128 Å². The van der Waals surface area contributed by atoms with Crippen LogP contribution in [0.25, 0.3) is 0 Å². The third-order valence-corrected chi connectivity index (χ3v) is 19.1. The molecule has 0 rings (SSSR count). The highest BCUT2D eigenvalue weighted by atomic mass is 31.2. The molecule has 5 unspecified atom stereocenters. The first-order valence-electron chi connectivity index (χ1n) is 41.1. The fraction of sp³-hybridized carbons (Fsp3) is 0.741. The second-order valence-corrected chi connectivity index (χ2v) is 30.2. The molecule has 0 saturated carbocycles. The van der Waals surface area contributed by atoms with Crippen LogP contribution in [0.3, 0.4) is 0 Å². The molecule has 0 heterocycles. The third-order valence-electron chi connectivity index (χ3n) is 17.2. The van der Waals surface area contributed by atoms with E-state index in [1.807, 2.05) is 0 Å². The van der Waals surface area contributed by atoms with Crippen LogP contribution < -0.4 is 0 Å². The third kappa shape index (κ3) is 75.9. The summed E-state index contributed by atoms with van der Waals surface area (Å²) in [5.74, 6) is -2.21. The highest BCUT2D eigenvalue weighted by Gasteiger charge is 2.30. The average Bonchev–Trinajstić information content (AvgIpc) is 0.911. The Bertz CT molecular complexity index is 2390. The number of aliphatic hydroxyl groups is 1. The van der Waals surface area contributed by atoms with E-state index < -0.39 is 97.5 Å². The first-order valence-corrected chi connectivity index (χ1v) is 44.1. The second kappa shape index (κ2) is 76.9. The Morgan fingerprint density at radius 1 is 0.279 bits per heavy atom. The Kier molecular flexibility index (Phi) is 73.7. The molecule has 19 heteroatoms. The van der Waals surface area contributed by atoms with E-state index in [-0.39, 0.29) is 25.7 Å². The predicted molar refractivity (Wildman–Crippen MR) is 427 cm³/mol. The van der Waals surface area contributed by atoms with Crippen molar-refractivity contribution in [2.24, 2.45) is 0 Å². The van der Waals surface area contributed by atoms with Gasteiger partial charge in [0.2, 0.25) is 0 Å². The zero-order valence-corrected chi connectivity index (χ0v) is 67.5. The lowest BCUT2D eigenvalue weighted by molar-refractivity contribution is -0.161. The van der Waals surface area contributed by atoms with Crippen LogP contribution in [0.5, 0.6) is 0 Å². The van der Waals surface area contributed by atoms with Gasteiger partial charge < -0.3 is 33.8 Å². The van der Waals surface area contributed by atoms with E-state index in [1.54, 1.807) is 0 Å². The maximum absolute atomic E-state index is 13.1.